The second kappa shape index (κ2) is 3.91. The minimum absolute atomic E-state index is 0.134. The summed E-state index contributed by atoms with van der Waals surface area (Å²) in [7, 11) is 0. The molecule has 1 aliphatic rings. The molecule has 0 saturated carbocycles. The van der Waals surface area contributed by atoms with Crippen molar-refractivity contribution in [2.45, 2.75) is 36.0 Å². The maximum absolute atomic E-state index is 12.9. The van der Waals surface area contributed by atoms with Gasteiger partial charge in [0.1, 0.15) is 5.82 Å². The van der Waals surface area contributed by atoms with Crippen molar-refractivity contribution in [3.63, 3.8) is 0 Å². The van der Waals surface area contributed by atoms with E-state index in [1.165, 1.54) is 11.0 Å². The summed E-state index contributed by atoms with van der Waals surface area (Å²) in [6.07, 6.45) is 1.96. The predicted molar refractivity (Wildman–Crippen MR) is 58.0 cm³/mol. The topological polar surface area (TPSA) is 26.0 Å². The molecule has 2 rings (SSSR count). The van der Waals surface area contributed by atoms with E-state index in [4.69, 9.17) is 5.73 Å². The van der Waals surface area contributed by atoms with Crippen molar-refractivity contribution in [1.29, 1.82) is 0 Å². The normalized spacial score (nSPS) is 22.1. The zero-order valence-electron chi connectivity index (χ0n) is 8.16. The summed E-state index contributed by atoms with van der Waals surface area (Å²) in [5.41, 5.74) is 6.89. The van der Waals surface area contributed by atoms with Crippen LogP contribution in [0.25, 0.3) is 0 Å². The minimum atomic E-state index is -0.134. The van der Waals surface area contributed by atoms with E-state index < -0.39 is 0 Å². The lowest BCUT2D eigenvalue weighted by Crippen LogP contribution is -2.20. The quantitative estimate of drug-likeness (QED) is 0.813. The fourth-order valence-corrected chi connectivity index (χ4v) is 3.30. The molecular formula is C11H14FNS. The van der Waals surface area contributed by atoms with Crippen molar-refractivity contribution in [2.24, 2.45) is 5.73 Å². The lowest BCUT2D eigenvalue weighted by Gasteiger charge is -2.10. The largest absolute Gasteiger partial charge is 0.328 e. The van der Waals surface area contributed by atoms with E-state index in [9.17, 15) is 4.39 Å². The van der Waals surface area contributed by atoms with Crippen molar-refractivity contribution in [1.82, 2.24) is 0 Å². The maximum Gasteiger partial charge on any atom is 0.123 e. The third kappa shape index (κ3) is 2.10. The van der Waals surface area contributed by atoms with E-state index in [-0.39, 0.29) is 11.9 Å². The fourth-order valence-electron chi connectivity index (χ4n) is 1.84. The highest BCUT2D eigenvalue weighted by Gasteiger charge is 2.23. The highest BCUT2D eigenvalue weighted by Crippen LogP contribution is 2.38. The van der Waals surface area contributed by atoms with Gasteiger partial charge in [-0.3, -0.25) is 0 Å². The van der Waals surface area contributed by atoms with Gasteiger partial charge >= 0.3 is 0 Å². The molecular weight excluding hydrogens is 197 g/mol. The number of fused-ring (bicyclic) bond motifs is 1. The molecule has 1 heterocycles. The number of benzene rings is 1. The van der Waals surface area contributed by atoms with Crippen molar-refractivity contribution in [3.8, 4) is 0 Å². The van der Waals surface area contributed by atoms with Gasteiger partial charge in [-0.15, -0.1) is 11.8 Å². The molecule has 14 heavy (non-hydrogen) atoms. The Morgan fingerprint density at radius 3 is 3.14 bits per heavy atom. The molecule has 0 spiro atoms. The maximum atomic E-state index is 12.9. The Bertz CT molecular complexity index is 338. The van der Waals surface area contributed by atoms with Gasteiger partial charge in [-0.1, -0.05) is 0 Å². The van der Waals surface area contributed by atoms with Gasteiger partial charge in [-0.05, 0) is 43.5 Å². The number of hydrogen-bond acceptors (Lipinski definition) is 2. The fraction of sp³-hybridized carbons (Fsp3) is 0.455. The van der Waals surface area contributed by atoms with E-state index in [0.717, 1.165) is 18.4 Å². The Hall–Kier alpha value is -0.540. The minimum Gasteiger partial charge on any atom is -0.328 e. The molecule has 0 aromatic heterocycles. The van der Waals surface area contributed by atoms with Gasteiger partial charge in [0.2, 0.25) is 0 Å². The van der Waals surface area contributed by atoms with Crippen LogP contribution in [0.3, 0.4) is 0 Å². The number of nitrogens with two attached hydrogens (primary N) is 1. The van der Waals surface area contributed by atoms with E-state index in [1.54, 1.807) is 6.07 Å². The van der Waals surface area contributed by atoms with Gasteiger partial charge in [-0.25, -0.2) is 4.39 Å². The first kappa shape index (κ1) is 9.99. The Morgan fingerprint density at radius 2 is 2.43 bits per heavy atom. The number of rotatable bonds is 2. The predicted octanol–water partition coefficient (Wildman–Crippen LogP) is 2.58. The van der Waals surface area contributed by atoms with Crippen molar-refractivity contribution < 1.29 is 4.39 Å². The highest BCUT2D eigenvalue weighted by molar-refractivity contribution is 8.00. The van der Waals surface area contributed by atoms with Gasteiger partial charge in [0.05, 0.1) is 0 Å². The van der Waals surface area contributed by atoms with E-state index >= 15 is 0 Å². The summed E-state index contributed by atoms with van der Waals surface area (Å²) in [5.74, 6) is -0.134. The number of hydrogen-bond donors (Lipinski definition) is 1. The first-order valence-electron chi connectivity index (χ1n) is 4.86. The van der Waals surface area contributed by atoms with Gasteiger partial charge in [0, 0.05) is 16.2 Å². The summed E-state index contributed by atoms with van der Waals surface area (Å²) in [4.78, 5) is 1.22. The highest BCUT2D eigenvalue weighted by atomic mass is 32.2. The average molecular weight is 211 g/mol. The Morgan fingerprint density at radius 1 is 1.64 bits per heavy atom. The summed E-state index contributed by atoms with van der Waals surface area (Å²) >= 11 is 1.83. The lowest BCUT2D eigenvalue weighted by atomic mass is 10.1. The molecule has 3 heteroatoms. The molecule has 0 radical (unpaired) electrons. The van der Waals surface area contributed by atoms with Crippen LogP contribution >= 0.6 is 11.8 Å². The van der Waals surface area contributed by atoms with E-state index in [0.29, 0.717) is 5.25 Å². The average Bonchev–Trinajstić information content (AvgIpc) is 2.44. The van der Waals surface area contributed by atoms with Crippen molar-refractivity contribution >= 4 is 11.8 Å². The molecule has 2 unspecified atom stereocenters. The SMILES string of the molecule is CC(N)CC1Cc2cc(F)ccc2S1. The summed E-state index contributed by atoms with van der Waals surface area (Å²) in [6.45, 7) is 2.02. The standard InChI is InChI=1S/C11H14FNS/c1-7(13)4-10-6-8-5-9(12)2-3-11(8)14-10/h2-3,5,7,10H,4,6,13H2,1H3. The molecule has 1 aromatic carbocycles. The Kier molecular flexibility index (Phi) is 2.79. The van der Waals surface area contributed by atoms with Crippen LogP contribution in [0.4, 0.5) is 4.39 Å². The van der Waals surface area contributed by atoms with Gasteiger partial charge in [0.25, 0.3) is 0 Å². The number of thioether (sulfide) groups is 1. The molecule has 1 aliphatic heterocycles. The third-order valence-corrected chi connectivity index (χ3v) is 3.74. The van der Waals surface area contributed by atoms with Crippen LogP contribution in [0, 0.1) is 5.82 Å². The first-order chi connectivity index (χ1) is 6.65. The molecule has 2 atom stereocenters. The summed E-state index contributed by atoms with van der Waals surface area (Å²) in [5, 5.41) is 0.534. The lowest BCUT2D eigenvalue weighted by molar-refractivity contribution is 0.619. The smallest absolute Gasteiger partial charge is 0.123 e. The molecule has 0 fully saturated rings. The molecule has 0 saturated heterocycles. The Labute approximate surface area is 87.9 Å². The third-order valence-electron chi connectivity index (χ3n) is 2.40. The molecule has 76 valence electrons. The van der Waals surface area contributed by atoms with Crippen molar-refractivity contribution in [2.75, 3.05) is 0 Å². The zero-order valence-corrected chi connectivity index (χ0v) is 8.98. The second-order valence-electron chi connectivity index (χ2n) is 3.91. The van der Waals surface area contributed by atoms with Crippen LogP contribution in [-0.4, -0.2) is 11.3 Å². The van der Waals surface area contributed by atoms with Crippen LogP contribution in [0.15, 0.2) is 23.1 Å². The molecule has 0 aliphatic carbocycles. The van der Waals surface area contributed by atoms with Crippen LogP contribution in [-0.2, 0) is 6.42 Å². The summed E-state index contributed by atoms with van der Waals surface area (Å²) in [6, 6.07) is 5.27. The molecule has 1 aromatic rings. The molecule has 0 bridgehead atoms. The zero-order chi connectivity index (χ0) is 10.1. The van der Waals surface area contributed by atoms with Crippen LogP contribution < -0.4 is 5.73 Å². The first-order valence-corrected chi connectivity index (χ1v) is 5.74. The van der Waals surface area contributed by atoms with Gasteiger partial charge in [-0.2, -0.15) is 0 Å². The monoisotopic (exact) mass is 211 g/mol. The van der Waals surface area contributed by atoms with Gasteiger partial charge < -0.3 is 5.73 Å². The van der Waals surface area contributed by atoms with E-state index in [1.807, 2.05) is 24.8 Å². The molecule has 2 N–H and O–H groups in total. The second-order valence-corrected chi connectivity index (χ2v) is 5.25. The summed E-state index contributed by atoms with van der Waals surface area (Å²) < 4.78 is 12.9. The van der Waals surface area contributed by atoms with Crippen LogP contribution in [0.2, 0.25) is 0 Å². The molecule has 1 nitrogen and oxygen atoms in total. The van der Waals surface area contributed by atoms with E-state index in [2.05, 4.69) is 0 Å². The van der Waals surface area contributed by atoms with Crippen molar-refractivity contribution in [3.05, 3.63) is 29.6 Å². The molecule has 0 amide bonds. The number of halogens is 1. The van der Waals surface area contributed by atoms with Crippen LogP contribution in [0.1, 0.15) is 18.9 Å². The van der Waals surface area contributed by atoms with Gasteiger partial charge in [0.15, 0.2) is 0 Å². The van der Waals surface area contributed by atoms with Crippen LogP contribution in [0.5, 0.6) is 0 Å². The Balaban J connectivity index is 2.10.